The fourth-order valence-electron chi connectivity index (χ4n) is 1.22. The average Bonchev–Trinajstić information content (AvgIpc) is 2.33. The second-order valence-electron chi connectivity index (χ2n) is 3.22. The second kappa shape index (κ2) is 6.48. The number of hydrogen-bond donors (Lipinski definition) is 2. The third-order valence-electron chi connectivity index (χ3n) is 1.99. The Morgan fingerprint density at radius 2 is 2.22 bits per heavy atom. The smallest absolute Gasteiger partial charge is 0.387 e. The van der Waals surface area contributed by atoms with Gasteiger partial charge in [-0.15, -0.1) is 0 Å². The summed E-state index contributed by atoms with van der Waals surface area (Å²) in [4.78, 5) is 15.5. The molecule has 0 atom stereocenters. The minimum atomic E-state index is -4.27. The van der Waals surface area contributed by atoms with Crippen LogP contribution in [0.25, 0.3) is 0 Å². The number of nitrogens with one attached hydrogen (secondary N) is 2. The minimum absolute atomic E-state index is 0.0545. The Bertz CT molecular complexity index is 412. The lowest BCUT2D eigenvalue weighted by Gasteiger charge is -2.09. The van der Waals surface area contributed by atoms with Gasteiger partial charge in [-0.05, 0) is 17.8 Å². The molecule has 4 nitrogen and oxygen atoms in total. The van der Waals surface area contributed by atoms with Crippen molar-refractivity contribution in [2.75, 3.05) is 24.7 Å². The Hall–Kier alpha value is -1.44. The molecule has 1 heterocycles. The van der Waals surface area contributed by atoms with E-state index in [1.807, 2.05) is 0 Å². The van der Waals surface area contributed by atoms with Crippen LogP contribution >= 0.6 is 11.8 Å². The predicted octanol–water partition coefficient (Wildman–Crippen LogP) is 2.11. The summed E-state index contributed by atoms with van der Waals surface area (Å²) in [6.45, 7) is -0.0545. The number of thioether (sulfide) groups is 1. The quantitative estimate of drug-likeness (QED) is 0.811. The first-order valence-corrected chi connectivity index (χ1v) is 6.03. The Balaban J connectivity index is 2.46. The lowest BCUT2D eigenvalue weighted by atomic mass is 10.2. The number of carbonyl (C=O) groups is 1. The Morgan fingerprint density at radius 3 is 2.83 bits per heavy atom. The molecular formula is C10H12F3N3OS. The fourth-order valence-corrected chi connectivity index (χ4v) is 1.66. The van der Waals surface area contributed by atoms with Crippen LogP contribution in [-0.2, 0) is 0 Å². The topological polar surface area (TPSA) is 54.0 Å². The summed E-state index contributed by atoms with van der Waals surface area (Å²) in [5.41, 5.74) is -3.39. The Morgan fingerprint density at radius 1 is 1.50 bits per heavy atom. The maximum Gasteiger partial charge on any atom is 0.441 e. The van der Waals surface area contributed by atoms with Gasteiger partial charge < -0.3 is 10.6 Å². The van der Waals surface area contributed by atoms with Gasteiger partial charge in [-0.25, -0.2) is 0 Å². The summed E-state index contributed by atoms with van der Waals surface area (Å²) >= 11 is -0.165. The molecule has 0 aromatic carbocycles. The van der Waals surface area contributed by atoms with Crippen LogP contribution in [0, 0.1) is 0 Å². The monoisotopic (exact) mass is 279 g/mol. The predicted molar refractivity (Wildman–Crippen MR) is 64.6 cm³/mol. The molecule has 0 aliphatic rings. The van der Waals surface area contributed by atoms with E-state index in [4.69, 9.17) is 0 Å². The summed E-state index contributed by atoms with van der Waals surface area (Å²) in [6.07, 6.45) is 2.88. The first-order chi connectivity index (χ1) is 8.44. The largest absolute Gasteiger partial charge is 0.441 e. The first-order valence-electron chi connectivity index (χ1n) is 5.04. The Labute approximate surface area is 106 Å². The molecule has 0 aliphatic heterocycles. The summed E-state index contributed by atoms with van der Waals surface area (Å²) in [5, 5.41) is 5.21. The van der Waals surface area contributed by atoms with Crippen molar-refractivity contribution >= 4 is 23.4 Å². The number of hydrogen-bond acceptors (Lipinski definition) is 4. The van der Waals surface area contributed by atoms with Gasteiger partial charge >= 0.3 is 5.51 Å². The van der Waals surface area contributed by atoms with Crippen LogP contribution in [0.4, 0.5) is 18.9 Å². The van der Waals surface area contributed by atoms with Crippen LogP contribution in [0.15, 0.2) is 18.5 Å². The molecule has 0 radical (unpaired) electrons. The maximum atomic E-state index is 11.9. The number of nitrogens with zero attached hydrogens (tertiary/aromatic N) is 1. The molecule has 0 unspecified atom stereocenters. The van der Waals surface area contributed by atoms with E-state index in [2.05, 4.69) is 15.6 Å². The zero-order valence-electron chi connectivity index (χ0n) is 9.54. The highest BCUT2D eigenvalue weighted by Gasteiger charge is 2.27. The van der Waals surface area contributed by atoms with Crippen LogP contribution in [-0.4, -0.2) is 35.7 Å². The molecule has 1 aromatic rings. The third-order valence-corrected chi connectivity index (χ3v) is 2.72. The second-order valence-corrected chi connectivity index (χ2v) is 4.38. The van der Waals surface area contributed by atoms with Gasteiger partial charge in [-0.2, -0.15) is 13.2 Å². The molecule has 1 aromatic heterocycles. The third kappa shape index (κ3) is 4.82. The number of carbonyl (C=O) groups excluding carboxylic acids is 1. The van der Waals surface area contributed by atoms with Crippen molar-refractivity contribution in [2.45, 2.75) is 5.51 Å². The average molecular weight is 279 g/mol. The van der Waals surface area contributed by atoms with E-state index >= 15 is 0 Å². The highest BCUT2D eigenvalue weighted by atomic mass is 32.2. The van der Waals surface area contributed by atoms with Crippen LogP contribution in [0.1, 0.15) is 10.4 Å². The van der Waals surface area contributed by atoms with Crippen molar-refractivity contribution in [3.05, 3.63) is 24.0 Å². The highest BCUT2D eigenvalue weighted by molar-refractivity contribution is 8.00. The molecular weight excluding hydrogens is 267 g/mol. The minimum Gasteiger partial charge on any atom is -0.387 e. The molecule has 100 valence electrons. The van der Waals surface area contributed by atoms with Crippen molar-refractivity contribution in [3.8, 4) is 0 Å². The van der Waals surface area contributed by atoms with E-state index in [-0.39, 0.29) is 24.1 Å². The summed E-state index contributed by atoms with van der Waals surface area (Å²) in [6, 6.07) is 1.61. The number of rotatable bonds is 5. The molecule has 8 heteroatoms. The molecule has 18 heavy (non-hydrogen) atoms. The van der Waals surface area contributed by atoms with E-state index in [1.54, 1.807) is 13.1 Å². The molecule has 0 spiro atoms. The number of pyridine rings is 1. The summed E-state index contributed by atoms with van der Waals surface area (Å²) in [7, 11) is 1.64. The summed E-state index contributed by atoms with van der Waals surface area (Å²) in [5.74, 6) is -0.667. The molecule has 0 bridgehead atoms. The van der Waals surface area contributed by atoms with Gasteiger partial charge in [0.05, 0.1) is 5.56 Å². The van der Waals surface area contributed by atoms with Gasteiger partial charge in [0.25, 0.3) is 5.91 Å². The van der Waals surface area contributed by atoms with Crippen LogP contribution in [0.2, 0.25) is 0 Å². The van der Waals surface area contributed by atoms with Gasteiger partial charge in [0.1, 0.15) is 0 Å². The lowest BCUT2D eigenvalue weighted by molar-refractivity contribution is -0.0327. The van der Waals surface area contributed by atoms with Crippen molar-refractivity contribution in [1.29, 1.82) is 0 Å². The van der Waals surface area contributed by atoms with Gasteiger partial charge in [0.2, 0.25) is 0 Å². The van der Waals surface area contributed by atoms with Crippen LogP contribution < -0.4 is 10.6 Å². The van der Waals surface area contributed by atoms with E-state index in [0.717, 1.165) is 0 Å². The number of halogens is 3. The maximum absolute atomic E-state index is 11.9. The zero-order valence-corrected chi connectivity index (χ0v) is 10.4. The van der Waals surface area contributed by atoms with Crippen LogP contribution in [0.5, 0.6) is 0 Å². The molecule has 1 amide bonds. The lowest BCUT2D eigenvalue weighted by Crippen LogP contribution is -2.27. The molecule has 1 rings (SSSR count). The van der Waals surface area contributed by atoms with Gasteiger partial charge in [0.15, 0.2) is 0 Å². The van der Waals surface area contributed by atoms with Gasteiger partial charge in [-0.3, -0.25) is 9.78 Å². The molecule has 0 saturated heterocycles. The SMILES string of the molecule is CNc1ccncc1C(=O)NCCSC(F)(F)F. The van der Waals surface area contributed by atoms with Crippen molar-refractivity contribution < 1.29 is 18.0 Å². The molecule has 0 saturated carbocycles. The van der Waals surface area contributed by atoms with E-state index in [9.17, 15) is 18.0 Å². The molecule has 0 fully saturated rings. The van der Waals surface area contributed by atoms with E-state index in [1.165, 1.54) is 12.4 Å². The first kappa shape index (κ1) is 14.6. The molecule has 2 N–H and O–H groups in total. The van der Waals surface area contributed by atoms with Crippen molar-refractivity contribution in [1.82, 2.24) is 10.3 Å². The van der Waals surface area contributed by atoms with Crippen LogP contribution in [0.3, 0.4) is 0 Å². The number of amides is 1. The number of alkyl halides is 3. The van der Waals surface area contributed by atoms with E-state index < -0.39 is 11.4 Å². The normalized spacial score (nSPS) is 11.1. The standard InChI is InChI=1S/C10H12F3N3OS/c1-14-8-2-3-15-6-7(8)9(17)16-4-5-18-10(11,12)13/h2-3,6H,4-5H2,1H3,(H,14,15)(H,16,17). The Kier molecular flexibility index (Phi) is 5.26. The highest BCUT2D eigenvalue weighted by Crippen LogP contribution is 2.29. The van der Waals surface area contributed by atoms with Crippen molar-refractivity contribution in [2.24, 2.45) is 0 Å². The number of anilines is 1. The zero-order chi connectivity index (χ0) is 13.6. The fraction of sp³-hybridized carbons (Fsp3) is 0.400. The number of aromatic nitrogens is 1. The molecule has 0 aliphatic carbocycles. The van der Waals surface area contributed by atoms with E-state index in [0.29, 0.717) is 11.3 Å². The van der Waals surface area contributed by atoms with Gasteiger partial charge in [-0.1, -0.05) is 0 Å². The summed E-state index contributed by atoms with van der Waals surface area (Å²) < 4.78 is 35.6. The van der Waals surface area contributed by atoms with Crippen molar-refractivity contribution in [3.63, 3.8) is 0 Å². The van der Waals surface area contributed by atoms with Gasteiger partial charge in [0, 0.05) is 37.4 Å².